The average Bonchev–Trinajstić information content (AvgIpc) is 3.00. The molecule has 0 saturated heterocycles. The molecule has 1 fully saturated rings. The fraction of sp³-hybridized carbons (Fsp3) is 0.394. The van der Waals surface area contributed by atoms with Gasteiger partial charge in [0.25, 0.3) is 10.0 Å². The van der Waals surface area contributed by atoms with Gasteiger partial charge in [-0.15, -0.1) is 0 Å². The van der Waals surface area contributed by atoms with Crippen LogP contribution in [-0.2, 0) is 26.2 Å². The third-order valence-corrected chi connectivity index (χ3v) is 10.2. The molecule has 4 rings (SSSR count). The molecule has 0 spiro atoms. The molecule has 0 aromatic heterocycles. The highest BCUT2D eigenvalue weighted by Gasteiger charge is 2.33. The summed E-state index contributed by atoms with van der Waals surface area (Å²) in [4.78, 5) is 29.1. The number of halogens is 2. The maximum Gasteiger partial charge on any atom is 0.264 e. The molecule has 8 nitrogen and oxygen atoms in total. The Labute approximate surface area is 270 Å². The smallest absolute Gasteiger partial charge is 0.264 e. The second-order valence-electron chi connectivity index (χ2n) is 11.0. The van der Waals surface area contributed by atoms with Crippen molar-refractivity contribution in [2.75, 3.05) is 17.5 Å². The van der Waals surface area contributed by atoms with E-state index >= 15 is 0 Å². The monoisotopic (exact) mass is 659 g/mol. The van der Waals surface area contributed by atoms with Crippen molar-refractivity contribution in [3.63, 3.8) is 0 Å². The van der Waals surface area contributed by atoms with Crippen molar-refractivity contribution in [2.24, 2.45) is 0 Å². The van der Waals surface area contributed by atoms with Crippen molar-refractivity contribution in [2.45, 2.75) is 76.4 Å². The average molecular weight is 661 g/mol. The molecule has 44 heavy (non-hydrogen) atoms. The third kappa shape index (κ3) is 8.46. The van der Waals surface area contributed by atoms with Gasteiger partial charge in [0.1, 0.15) is 18.3 Å². The van der Waals surface area contributed by atoms with Gasteiger partial charge in [-0.25, -0.2) is 8.42 Å². The van der Waals surface area contributed by atoms with Crippen LogP contribution >= 0.6 is 23.2 Å². The number of nitrogens with zero attached hydrogens (tertiary/aromatic N) is 2. The molecule has 1 N–H and O–H groups in total. The van der Waals surface area contributed by atoms with Crippen LogP contribution in [0.2, 0.25) is 10.0 Å². The van der Waals surface area contributed by atoms with Gasteiger partial charge >= 0.3 is 0 Å². The quantitative estimate of drug-likeness (QED) is 0.232. The van der Waals surface area contributed by atoms with E-state index in [0.29, 0.717) is 28.0 Å². The van der Waals surface area contributed by atoms with Crippen LogP contribution in [0.5, 0.6) is 5.75 Å². The van der Waals surface area contributed by atoms with Gasteiger partial charge in [-0.2, -0.15) is 0 Å². The van der Waals surface area contributed by atoms with E-state index in [9.17, 15) is 18.0 Å². The molecule has 1 aliphatic rings. The highest BCUT2D eigenvalue weighted by Crippen LogP contribution is 2.28. The SMILES string of the molecule is CCOc1ccc(N(CC(=O)N(Cc2ccc(Cl)cc2Cl)[C@H](C)C(=O)NC2CCCCC2)S(=O)(=O)c2ccc(C)cc2)cc1. The molecule has 0 unspecified atom stereocenters. The molecule has 0 bridgehead atoms. The molecular weight excluding hydrogens is 621 g/mol. The Balaban J connectivity index is 1.70. The Kier molecular flexibility index (Phi) is 11.6. The number of carbonyl (C=O) groups is 2. The summed E-state index contributed by atoms with van der Waals surface area (Å²) in [5, 5.41) is 3.87. The standard InChI is InChI=1S/C33H39Cl2N3O5S/c1-4-43-29-16-14-28(15-17-29)38(44(41,42)30-18-10-23(2)11-19-30)22-32(39)37(21-25-12-13-26(34)20-31(25)35)24(3)33(40)36-27-8-6-5-7-9-27/h10-20,24,27H,4-9,21-22H2,1-3H3,(H,36,40)/t24-/m1/s1. The van der Waals surface area contributed by atoms with E-state index < -0.39 is 28.5 Å². The van der Waals surface area contributed by atoms with Crippen molar-refractivity contribution in [3.05, 3.63) is 87.9 Å². The lowest BCUT2D eigenvalue weighted by atomic mass is 9.95. The Hall–Kier alpha value is -3.27. The zero-order valence-corrected chi connectivity index (χ0v) is 27.6. The van der Waals surface area contributed by atoms with E-state index in [-0.39, 0.29) is 29.1 Å². The Morgan fingerprint density at radius 2 is 1.64 bits per heavy atom. The van der Waals surface area contributed by atoms with Crippen LogP contribution in [0.4, 0.5) is 5.69 Å². The third-order valence-electron chi connectivity index (χ3n) is 7.80. The van der Waals surface area contributed by atoms with E-state index in [4.69, 9.17) is 27.9 Å². The first kappa shape index (κ1) is 33.6. The number of aryl methyl sites for hydroxylation is 1. The molecule has 0 radical (unpaired) electrons. The molecule has 0 heterocycles. The lowest BCUT2D eigenvalue weighted by Crippen LogP contribution is -2.53. The lowest BCUT2D eigenvalue weighted by molar-refractivity contribution is -0.139. The number of benzene rings is 3. The number of hydrogen-bond acceptors (Lipinski definition) is 5. The van der Waals surface area contributed by atoms with Crippen molar-refractivity contribution >= 4 is 50.7 Å². The second-order valence-corrected chi connectivity index (χ2v) is 13.7. The number of rotatable bonds is 12. The summed E-state index contributed by atoms with van der Waals surface area (Å²) >= 11 is 12.6. The normalized spacial score (nSPS) is 14.5. The van der Waals surface area contributed by atoms with E-state index in [2.05, 4.69) is 5.32 Å². The first-order valence-corrected chi connectivity index (χ1v) is 17.0. The topological polar surface area (TPSA) is 96.0 Å². The number of amides is 2. The summed E-state index contributed by atoms with van der Waals surface area (Å²) in [6.07, 6.45) is 4.98. The molecule has 1 aliphatic carbocycles. The number of hydrogen-bond donors (Lipinski definition) is 1. The molecule has 2 amide bonds. The predicted octanol–water partition coefficient (Wildman–Crippen LogP) is 6.76. The van der Waals surface area contributed by atoms with E-state index in [1.807, 2.05) is 13.8 Å². The Bertz CT molecular complexity index is 1540. The van der Waals surface area contributed by atoms with Crippen LogP contribution in [-0.4, -0.2) is 50.4 Å². The molecule has 1 atom stereocenters. The predicted molar refractivity (Wildman–Crippen MR) is 175 cm³/mol. The fourth-order valence-electron chi connectivity index (χ4n) is 5.23. The molecule has 236 valence electrons. The Morgan fingerprint density at radius 1 is 0.977 bits per heavy atom. The summed E-state index contributed by atoms with van der Waals surface area (Å²) in [6, 6.07) is 17.0. The van der Waals surface area contributed by atoms with Gasteiger partial charge in [0.05, 0.1) is 17.2 Å². The van der Waals surface area contributed by atoms with Crippen LogP contribution < -0.4 is 14.4 Å². The second kappa shape index (κ2) is 15.1. The molecule has 11 heteroatoms. The highest BCUT2D eigenvalue weighted by atomic mass is 35.5. The van der Waals surface area contributed by atoms with Gasteiger partial charge in [0.15, 0.2) is 0 Å². The summed E-state index contributed by atoms with van der Waals surface area (Å²) in [6.45, 7) is 5.26. The van der Waals surface area contributed by atoms with Crippen LogP contribution in [0.25, 0.3) is 0 Å². The molecule has 3 aromatic carbocycles. The van der Waals surface area contributed by atoms with Crippen molar-refractivity contribution < 1.29 is 22.7 Å². The van der Waals surface area contributed by atoms with E-state index in [1.54, 1.807) is 61.5 Å². The van der Waals surface area contributed by atoms with Gasteiger partial charge in [-0.3, -0.25) is 13.9 Å². The zero-order chi connectivity index (χ0) is 31.9. The van der Waals surface area contributed by atoms with Crippen molar-refractivity contribution in [3.8, 4) is 5.75 Å². The maximum absolute atomic E-state index is 14.2. The summed E-state index contributed by atoms with van der Waals surface area (Å²) in [5.41, 5.74) is 1.76. The van der Waals surface area contributed by atoms with Crippen LogP contribution in [0.1, 0.15) is 57.1 Å². The summed E-state index contributed by atoms with van der Waals surface area (Å²) < 4.78 is 34.7. The minimum atomic E-state index is -4.18. The molecule has 1 saturated carbocycles. The minimum absolute atomic E-state index is 0.0181. The van der Waals surface area contributed by atoms with Crippen molar-refractivity contribution in [1.29, 1.82) is 0 Å². The largest absolute Gasteiger partial charge is 0.494 e. The van der Waals surface area contributed by atoms with Crippen LogP contribution in [0.3, 0.4) is 0 Å². The maximum atomic E-state index is 14.2. The number of ether oxygens (including phenoxy) is 1. The van der Waals surface area contributed by atoms with Crippen molar-refractivity contribution in [1.82, 2.24) is 10.2 Å². The van der Waals surface area contributed by atoms with Gasteiger partial charge in [0.2, 0.25) is 11.8 Å². The molecular formula is C33H39Cl2N3O5S. The van der Waals surface area contributed by atoms with Crippen LogP contribution in [0, 0.1) is 6.92 Å². The Morgan fingerprint density at radius 3 is 2.25 bits per heavy atom. The van der Waals surface area contributed by atoms with Gasteiger partial charge < -0.3 is 15.0 Å². The summed E-state index contributed by atoms with van der Waals surface area (Å²) in [5.74, 6) is -0.293. The van der Waals surface area contributed by atoms with Gasteiger partial charge in [0, 0.05) is 22.6 Å². The van der Waals surface area contributed by atoms with E-state index in [0.717, 1.165) is 42.0 Å². The number of carbonyl (C=O) groups excluding carboxylic acids is 2. The lowest BCUT2D eigenvalue weighted by Gasteiger charge is -2.33. The number of nitrogens with one attached hydrogen (secondary N) is 1. The first-order chi connectivity index (χ1) is 21.0. The first-order valence-electron chi connectivity index (χ1n) is 14.9. The van der Waals surface area contributed by atoms with Crippen LogP contribution in [0.15, 0.2) is 71.6 Å². The fourth-order valence-corrected chi connectivity index (χ4v) is 7.11. The van der Waals surface area contributed by atoms with Gasteiger partial charge in [-0.05, 0) is 87.7 Å². The minimum Gasteiger partial charge on any atom is -0.494 e. The number of sulfonamides is 1. The zero-order valence-electron chi connectivity index (χ0n) is 25.3. The molecule has 3 aromatic rings. The summed E-state index contributed by atoms with van der Waals surface area (Å²) in [7, 11) is -4.18. The highest BCUT2D eigenvalue weighted by molar-refractivity contribution is 7.92. The molecule has 0 aliphatic heterocycles. The van der Waals surface area contributed by atoms with Gasteiger partial charge in [-0.1, -0.05) is 66.2 Å². The van der Waals surface area contributed by atoms with E-state index in [1.165, 1.54) is 17.0 Å². The number of anilines is 1.